The molecule has 1 aromatic carbocycles. The number of alkyl halides is 2. The highest BCUT2D eigenvalue weighted by Crippen LogP contribution is 2.22. The van der Waals surface area contributed by atoms with Gasteiger partial charge in [0.2, 0.25) is 5.91 Å². The van der Waals surface area contributed by atoms with Crippen molar-refractivity contribution < 1.29 is 18.3 Å². The molecule has 0 bridgehead atoms. The largest absolute Gasteiger partial charge is 0.434 e. The minimum Gasteiger partial charge on any atom is -0.434 e. The standard InChI is InChI=1S/C16H15F2NO2S/c1-11(14-7-4-10-22-14)19-15(20)9-8-12-5-2-3-6-13(12)21-16(17)18/h2-11,16H,1H3,(H,19,20)/b9-8+. The molecule has 1 amide bonds. The molecule has 1 aromatic heterocycles. The van der Waals surface area contributed by atoms with Crippen molar-refractivity contribution >= 4 is 23.3 Å². The van der Waals surface area contributed by atoms with Crippen molar-refractivity contribution in [2.24, 2.45) is 0 Å². The van der Waals surface area contributed by atoms with E-state index >= 15 is 0 Å². The van der Waals surface area contributed by atoms with Crippen molar-refractivity contribution in [3.8, 4) is 5.75 Å². The molecule has 0 radical (unpaired) electrons. The fraction of sp³-hybridized carbons (Fsp3) is 0.188. The molecule has 0 saturated heterocycles. The average Bonchev–Trinajstić information content (AvgIpc) is 3.00. The van der Waals surface area contributed by atoms with E-state index in [1.807, 2.05) is 24.4 Å². The SMILES string of the molecule is CC(NC(=O)/C=C/c1ccccc1OC(F)F)c1cccs1. The molecule has 1 unspecified atom stereocenters. The van der Waals surface area contributed by atoms with Crippen LogP contribution in [0.2, 0.25) is 0 Å². The Morgan fingerprint density at radius 1 is 1.27 bits per heavy atom. The van der Waals surface area contributed by atoms with Gasteiger partial charge in [-0.25, -0.2) is 0 Å². The molecule has 0 fully saturated rings. The normalized spacial score (nSPS) is 12.5. The van der Waals surface area contributed by atoms with E-state index in [0.717, 1.165) is 4.88 Å². The minimum absolute atomic E-state index is 0.0351. The monoisotopic (exact) mass is 323 g/mol. The summed E-state index contributed by atoms with van der Waals surface area (Å²) < 4.78 is 29.0. The van der Waals surface area contributed by atoms with E-state index in [1.54, 1.807) is 29.5 Å². The zero-order valence-corrected chi connectivity index (χ0v) is 12.6. The van der Waals surface area contributed by atoms with Gasteiger partial charge < -0.3 is 10.1 Å². The van der Waals surface area contributed by atoms with Crippen LogP contribution in [0.3, 0.4) is 0 Å². The van der Waals surface area contributed by atoms with Crippen molar-refractivity contribution in [2.75, 3.05) is 0 Å². The van der Waals surface area contributed by atoms with Crippen LogP contribution in [-0.4, -0.2) is 12.5 Å². The third kappa shape index (κ3) is 4.66. The molecular weight excluding hydrogens is 308 g/mol. The lowest BCUT2D eigenvalue weighted by Gasteiger charge is -2.10. The lowest BCUT2D eigenvalue weighted by Crippen LogP contribution is -2.23. The van der Waals surface area contributed by atoms with Gasteiger partial charge in [0.15, 0.2) is 0 Å². The summed E-state index contributed by atoms with van der Waals surface area (Å²) >= 11 is 1.55. The van der Waals surface area contributed by atoms with Gasteiger partial charge in [-0.05, 0) is 30.5 Å². The Labute approximate surface area is 131 Å². The van der Waals surface area contributed by atoms with E-state index < -0.39 is 6.61 Å². The molecule has 3 nitrogen and oxygen atoms in total. The average molecular weight is 323 g/mol. The summed E-state index contributed by atoms with van der Waals surface area (Å²) in [5.74, 6) is -0.263. The number of ether oxygens (including phenoxy) is 1. The number of rotatable bonds is 6. The number of thiophene rings is 1. The van der Waals surface area contributed by atoms with Crippen LogP contribution in [0.4, 0.5) is 8.78 Å². The van der Waals surface area contributed by atoms with Crippen LogP contribution in [-0.2, 0) is 4.79 Å². The highest BCUT2D eigenvalue weighted by molar-refractivity contribution is 7.10. The second kappa shape index (κ2) is 7.70. The zero-order valence-electron chi connectivity index (χ0n) is 11.8. The van der Waals surface area contributed by atoms with Crippen molar-refractivity contribution in [1.82, 2.24) is 5.32 Å². The summed E-state index contributed by atoms with van der Waals surface area (Å²) in [4.78, 5) is 12.9. The fourth-order valence-electron chi connectivity index (χ4n) is 1.86. The molecule has 6 heteroatoms. The number of carbonyl (C=O) groups is 1. The molecular formula is C16H15F2NO2S. The summed E-state index contributed by atoms with van der Waals surface area (Å²) in [5.41, 5.74) is 0.418. The number of nitrogens with one attached hydrogen (secondary N) is 1. The number of carbonyl (C=O) groups excluding carboxylic acids is 1. The molecule has 0 aliphatic rings. The third-order valence-electron chi connectivity index (χ3n) is 2.88. The first-order valence-electron chi connectivity index (χ1n) is 6.62. The Hall–Kier alpha value is -2.21. The first-order valence-corrected chi connectivity index (χ1v) is 7.50. The molecule has 0 aliphatic heterocycles. The lowest BCUT2D eigenvalue weighted by molar-refractivity contribution is -0.117. The van der Waals surface area contributed by atoms with Crippen LogP contribution < -0.4 is 10.1 Å². The highest BCUT2D eigenvalue weighted by atomic mass is 32.1. The molecule has 0 spiro atoms. The molecule has 2 aromatic rings. The summed E-state index contributed by atoms with van der Waals surface area (Å²) in [5, 5.41) is 4.74. The molecule has 2 rings (SSSR count). The van der Waals surface area contributed by atoms with Crippen molar-refractivity contribution in [1.29, 1.82) is 0 Å². The molecule has 1 heterocycles. The van der Waals surface area contributed by atoms with E-state index in [-0.39, 0.29) is 17.7 Å². The summed E-state index contributed by atoms with van der Waals surface area (Å²) in [6.45, 7) is -1.02. The summed E-state index contributed by atoms with van der Waals surface area (Å²) in [6, 6.07) is 10.0. The second-order valence-electron chi connectivity index (χ2n) is 4.50. The van der Waals surface area contributed by atoms with Gasteiger partial charge >= 0.3 is 6.61 Å². The van der Waals surface area contributed by atoms with Gasteiger partial charge in [-0.2, -0.15) is 8.78 Å². The number of amides is 1. The van der Waals surface area contributed by atoms with E-state index in [1.165, 1.54) is 18.2 Å². The maximum atomic E-state index is 12.3. The molecule has 0 aliphatic carbocycles. The van der Waals surface area contributed by atoms with Crippen LogP contribution in [0.15, 0.2) is 47.9 Å². The van der Waals surface area contributed by atoms with Crippen LogP contribution in [0.25, 0.3) is 6.08 Å². The Morgan fingerprint density at radius 2 is 2.05 bits per heavy atom. The maximum absolute atomic E-state index is 12.3. The first kappa shape index (κ1) is 16.2. The van der Waals surface area contributed by atoms with Crippen LogP contribution in [0.1, 0.15) is 23.4 Å². The molecule has 116 valence electrons. The number of hydrogen-bond donors (Lipinski definition) is 1. The smallest absolute Gasteiger partial charge is 0.387 e. The van der Waals surface area contributed by atoms with Crippen LogP contribution in [0.5, 0.6) is 5.75 Å². The lowest BCUT2D eigenvalue weighted by atomic mass is 10.2. The molecule has 0 saturated carbocycles. The van der Waals surface area contributed by atoms with E-state index in [4.69, 9.17) is 0 Å². The Balaban J connectivity index is 2.01. The first-order chi connectivity index (χ1) is 10.6. The molecule has 1 N–H and O–H groups in total. The zero-order chi connectivity index (χ0) is 15.9. The van der Waals surface area contributed by atoms with Crippen molar-refractivity contribution in [3.05, 3.63) is 58.3 Å². The second-order valence-corrected chi connectivity index (χ2v) is 5.47. The van der Waals surface area contributed by atoms with Crippen molar-refractivity contribution in [2.45, 2.75) is 19.6 Å². The van der Waals surface area contributed by atoms with Gasteiger partial charge in [-0.1, -0.05) is 24.3 Å². The Kier molecular flexibility index (Phi) is 5.66. The van der Waals surface area contributed by atoms with Gasteiger partial charge in [0, 0.05) is 16.5 Å². The van der Waals surface area contributed by atoms with Crippen LogP contribution >= 0.6 is 11.3 Å². The molecule has 1 atom stereocenters. The maximum Gasteiger partial charge on any atom is 0.387 e. The van der Waals surface area contributed by atoms with Gasteiger partial charge in [0.25, 0.3) is 0 Å². The van der Waals surface area contributed by atoms with Crippen molar-refractivity contribution in [3.63, 3.8) is 0 Å². The highest BCUT2D eigenvalue weighted by Gasteiger charge is 2.09. The quantitative estimate of drug-likeness (QED) is 0.808. The van der Waals surface area contributed by atoms with Gasteiger partial charge in [0.1, 0.15) is 5.75 Å². The van der Waals surface area contributed by atoms with Crippen LogP contribution in [0, 0.1) is 0 Å². The predicted octanol–water partition coefficient (Wildman–Crippen LogP) is 4.24. The number of para-hydroxylation sites is 1. The number of hydrogen-bond acceptors (Lipinski definition) is 3. The Bertz CT molecular complexity index is 641. The van der Waals surface area contributed by atoms with Gasteiger partial charge in [-0.3, -0.25) is 4.79 Å². The Morgan fingerprint density at radius 3 is 2.73 bits per heavy atom. The third-order valence-corrected chi connectivity index (χ3v) is 3.93. The number of benzene rings is 1. The van der Waals surface area contributed by atoms with Gasteiger partial charge in [-0.15, -0.1) is 11.3 Å². The molecule has 22 heavy (non-hydrogen) atoms. The fourth-order valence-corrected chi connectivity index (χ4v) is 2.59. The van der Waals surface area contributed by atoms with E-state index in [9.17, 15) is 13.6 Å². The summed E-state index contributed by atoms with van der Waals surface area (Å²) in [6.07, 6.45) is 2.76. The van der Waals surface area contributed by atoms with E-state index in [0.29, 0.717) is 5.56 Å². The summed E-state index contributed by atoms with van der Waals surface area (Å²) in [7, 11) is 0. The topological polar surface area (TPSA) is 38.3 Å². The van der Waals surface area contributed by atoms with E-state index in [2.05, 4.69) is 10.1 Å². The van der Waals surface area contributed by atoms with Gasteiger partial charge in [0.05, 0.1) is 6.04 Å². The number of halogens is 2. The predicted molar refractivity (Wildman–Crippen MR) is 83.0 cm³/mol. The minimum atomic E-state index is -2.90.